The number of hydrogen-bond donors (Lipinski definition) is 2. The zero-order chi connectivity index (χ0) is 14.7. The fraction of sp³-hybridized carbons (Fsp3) is 0.125. The van der Waals surface area contributed by atoms with Crippen molar-refractivity contribution < 1.29 is 0 Å². The summed E-state index contributed by atoms with van der Waals surface area (Å²) in [5, 5.41) is 4.43. The first-order valence-corrected chi connectivity index (χ1v) is 7.47. The Bertz CT molecular complexity index is 737. The smallest absolute Gasteiger partial charge is 0.147 e. The number of nitrogens with two attached hydrogens (primary N) is 1. The Morgan fingerprint density at radius 2 is 1.90 bits per heavy atom. The summed E-state index contributed by atoms with van der Waals surface area (Å²) in [5.41, 5.74) is 10.5. The van der Waals surface area contributed by atoms with Crippen LogP contribution in [-0.4, -0.2) is 9.36 Å². The van der Waals surface area contributed by atoms with Crippen LogP contribution in [0.2, 0.25) is 0 Å². The van der Waals surface area contributed by atoms with Crippen LogP contribution in [0.25, 0.3) is 11.1 Å². The molecule has 106 valence electrons. The van der Waals surface area contributed by atoms with Crippen molar-refractivity contribution >= 4 is 22.4 Å². The summed E-state index contributed by atoms with van der Waals surface area (Å²) in [6.45, 7) is 2.87. The molecule has 0 aliphatic heterocycles. The van der Waals surface area contributed by atoms with Gasteiger partial charge in [-0.15, -0.1) is 0 Å². The number of aryl methyl sites for hydroxylation is 1. The molecule has 0 bridgehead atoms. The van der Waals surface area contributed by atoms with E-state index in [0.717, 1.165) is 22.7 Å². The van der Waals surface area contributed by atoms with Gasteiger partial charge in [-0.1, -0.05) is 24.3 Å². The van der Waals surface area contributed by atoms with Crippen molar-refractivity contribution in [3.05, 3.63) is 59.9 Å². The Hall–Kier alpha value is -2.40. The van der Waals surface area contributed by atoms with Crippen molar-refractivity contribution in [2.45, 2.75) is 13.5 Å². The molecular formula is C16H16N4S. The quantitative estimate of drug-likeness (QED) is 0.770. The van der Waals surface area contributed by atoms with Crippen LogP contribution >= 0.6 is 11.5 Å². The third-order valence-corrected chi connectivity index (χ3v) is 4.21. The van der Waals surface area contributed by atoms with Gasteiger partial charge in [-0.3, -0.25) is 4.98 Å². The number of nitrogens with zero attached hydrogens (tertiary/aromatic N) is 2. The lowest BCUT2D eigenvalue weighted by molar-refractivity contribution is 1.13. The van der Waals surface area contributed by atoms with Gasteiger partial charge < -0.3 is 11.1 Å². The van der Waals surface area contributed by atoms with E-state index < -0.39 is 0 Å². The summed E-state index contributed by atoms with van der Waals surface area (Å²) in [6.07, 6.45) is 3.52. The standard InChI is InChI=1S/C16H16N4S/c1-11-4-2-3-5-13(11)10-19-16-14(15(17)20-21-16)12-6-8-18-9-7-12/h2-9,19H,10H2,1H3,(H2,17,20). The molecule has 1 aromatic carbocycles. The van der Waals surface area contributed by atoms with Crippen LogP contribution in [0.3, 0.4) is 0 Å². The first-order valence-electron chi connectivity index (χ1n) is 6.69. The summed E-state index contributed by atoms with van der Waals surface area (Å²) >= 11 is 1.39. The van der Waals surface area contributed by atoms with Gasteiger partial charge in [0, 0.05) is 18.9 Å². The van der Waals surface area contributed by atoms with E-state index >= 15 is 0 Å². The molecule has 0 spiro atoms. The summed E-state index contributed by atoms with van der Waals surface area (Å²) in [6, 6.07) is 12.2. The molecule has 4 nitrogen and oxygen atoms in total. The number of pyridine rings is 1. The Morgan fingerprint density at radius 1 is 1.14 bits per heavy atom. The minimum atomic E-state index is 0.554. The number of hydrogen-bond acceptors (Lipinski definition) is 5. The molecule has 21 heavy (non-hydrogen) atoms. The molecule has 0 radical (unpaired) electrons. The van der Waals surface area contributed by atoms with Crippen LogP contribution < -0.4 is 11.1 Å². The largest absolute Gasteiger partial charge is 0.382 e. The van der Waals surface area contributed by atoms with Gasteiger partial charge in [0.15, 0.2) is 0 Å². The number of rotatable bonds is 4. The highest BCUT2D eigenvalue weighted by atomic mass is 32.1. The number of nitrogens with one attached hydrogen (secondary N) is 1. The molecule has 0 amide bonds. The van der Waals surface area contributed by atoms with Gasteiger partial charge in [0.1, 0.15) is 10.8 Å². The molecule has 2 aromatic heterocycles. The van der Waals surface area contributed by atoms with Crippen molar-refractivity contribution in [3.63, 3.8) is 0 Å². The lowest BCUT2D eigenvalue weighted by Crippen LogP contribution is -2.01. The molecule has 0 saturated heterocycles. The fourth-order valence-electron chi connectivity index (χ4n) is 2.20. The second-order valence-electron chi connectivity index (χ2n) is 4.79. The first kappa shape index (κ1) is 13.6. The Labute approximate surface area is 127 Å². The summed E-state index contributed by atoms with van der Waals surface area (Å²) in [7, 11) is 0. The average Bonchev–Trinajstić information content (AvgIpc) is 2.88. The maximum Gasteiger partial charge on any atom is 0.147 e. The van der Waals surface area contributed by atoms with E-state index in [2.05, 4.69) is 39.8 Å². The summed E-state index contributed by atoms with van der Waals surface area (Å²) in [5.74, 6) is 0.554. The first-order chi connectivity index (χ1) is 10.3. The van der Waals surface area contributed by atoms with Crippen LogP contribution in [0.15, 0.2) is 48.8 Å². The molecule has 3 rings (SSSR count). The third kappa shape index (κ3) is 2.87. The molecule has 0 fully saturated rings. The Morgan fingerprint density at radius 3 is 2.67 bits per heavy atom. The van der Waals surface area contributed by atoms with E-state index in [4.69, 9.17) is 5.73 Å². The maximum atomic E-state index is 6.01. The Kier molecular flexibility index (Phi) is 3.83. The zero-order valence-electron chi connectivity index (χ0n) is 11.7. The predicted molar refractivity (Wildman–Crippen MR) is 88.3 cm³/mol. The summed E-state index contributed by atoms with van der Waals surface area (Å²) in [4.78, 5) is 4.04. The highest BCUT2D eigenvalue weighted by Gasteiger charge is 2.13. The molecule has 0 saturated carbocycles. The van der Waals surface area contributed by atoms with E-state index in [1.807, 2.05) is 18.2 Å². The highest BCUT2D eigenvalue weighted by Crippen LogP contribution is 2.36. The van der Waals surface area contributed by atoms with E-state index in [-0.39, 0.29) is 0 Å². The van der Waals surface area contributed by atoms with E-state index in [1.165, 1.54) is 22.7 Å². The molecule has 5 heteroatoms. The summed E-state index contributed by atoms with van der Waals surface area (Å²) < 4.78 is 4.26. The average molecular weight is 296 g/mol. The van der Waals surface area contributed by atoms with Gasteiger partial charge in [0.05, 0.1) is 5.56 Å². The van der Waals surface area contributed by atoms with Gasteiger partial charge in [-0.05, 0) is 47.3 Å². The number of aromatic nitrogens is 2. The van der Waals surface area contributed by atoms with Gasteiger partial charge in [-0.2, -0.15) is 4.37 Å². The van der Waals surface area contributed by atoms with Gasteiger partial charge >= 0.3 is 0 Å². The minimum Gasteiger partial charge on any atom is -0.382 e. The molecular weight excluding hydrogens is 280 g/mol. The predicted octanol–water partition coefficient (Wildman–Crippen LogP) is 3.71. The minimum absolute atomic E-state index is 0.554. The van der Waals surface area contributed by atoms with E-state index in [1.54, 1.807) is 12.4 Å². The van der Waals surface area contributed by atoms with Crippen LogP contribution in [0.1, 0.15) is 11.1 Å². The van der Waals surface area contributed by atoms with Crippen molar-refractivity contribution in [3.8, 4) is 11.1 Å². The molecule has 3 aromatic rings. The van der Waals surface area contributed by atoms with Crippen LogP contribution in [0, 0.1) is 6.92 Å². The van der Waals surface area contributed by atoms with Crippen molar-refractivity contribution in [1.29, 1.82) is 0 Å². The maximum absolute atomic E-state index is 6.01. The molecule has 0 unspecified atom stereocenters. The number of nitrogen functional groups attached to an aromatic ring is 1. The third-order valence-electron chi connectivity index (χ3n) is 3.39. The number of benzene rings is 1. The normalized spacial score (nSPS) is 10.5. The fourth-order valence-corrected chi connectivity index (χ4v) is 2.94. The SMILES string of the molecule is Cc1ccccc1CNc1snc(N)c1-c1ccncc1. The van der Waals surface area contributed by atoms with Gasteiger partial charge in [0.2, 0.25) is 0 Å². The second kappa shape index (κ2) is 5.93. The monoisotopic (exact) mass is 296 g/mol. The lowest BCUT2D eigenvalue weighted by Gasteiger charge is -2.09. The van der Waals surface area contributed by atoms with E-state index in [9.17, 15) is 0 Å². The van der Waals surface area contributed by atoms with Crippen LogP contribution in [0.4, 0.5) is 10.8 Å². The van der Waals surface area contributed by atoms with Crippen LogP contribution in [-0.2, 0) is 6.54 Å². The van der Waals surface area contributed by atoms with Crippen molar-refractivity contribution in [2.75, 3.05) is 11.1 Å². The lowest BCUT2D eigenvalue weighted by atomic mass is 10.1. The molecule has 2 heterocycles. The molecule has 0 aliphatic rings. The molecule has 0 atom stereocenters. The van der Waals surface area contributed by atoms with Gasteiger partial charge in [-0.25, -0.2) is 0 Å². The highest BCUT2D eigenvalue weighted by molar-refractivity contribution is 7.11. The van der Waals surface area contributed by atoms with E-state index in [0.29, 0.717) is 5.82 Å². The topological polar surface area (TPSA) is 63.8 Å². The Balaban J connectivity index is 1.86. The molecule has 0 aliphatic carbocycles. The van der Waals surface area contributed by atoms with Gasteiger partial charge in [0.25, 0.3) is 0 Å². The van der Waals surface area contributed by atoms with Crippen molar-refractivity contribution in [1.82, 2.24) is 9.36 Å². The second-order valence-corrected chi connectivity index (χ2v) is 5.56. The zero-order valence-corrected chi connectivity index (χ0v) is 12.5. The van der Waals surface area contributed by atoms with Crippen molar-refractivity contribution in [2.24, 2.45) is 0 Å². The molecule has 3 N–H and O–H groups in total. The van der Waals surface area contributed by atoms with Crippen LogP contribution in [0.5, 0.6) is 0 Å². The number of anilines is 2.